The van der Waals surface area contributed by atoms with Gasteiger partial charge < -0.3 is 10.6 Å². The van der Waals surface area contributed by atoms with Crippen molar-refractivity contribution in [2.75, 3.05) is 26.7 Å². The SMILES string of the molecule is CC(C)N(C)CCNS(=O)(=O)c1cncc(C#CCN)c1. The zero-order chi connectivity index (χ0) is 15.9. The highest BCUT2D eigenvalue weighted by molar-refractivity contribution is 7.89. The lowest BCUT2D eigenvalue weighted by Gasteiger charge is -2.20. The molecule has 0 unspecified atom stereocenters. The molecule has 7 heteroatoms. The summed E-state index contributed by atoms with van der Waals surface area (Å²) in [7, 11) is -1.62. The Morgan fingerprint density at radius 2 is 2.14 bits per heavy atom. The summed E-state index contributed by atoms with van der Waals surface area (Å²) in [6.45, 7) is 5.31. The van der Waals surface area contributed by atoms with Crippen LogP contribution in [0.4, 0.5) is 0 Å². The summed E-state index contributed by atoms with van der Waals surface area (Å²) in [5.41, 5.74) is 5.82. The monoisotopic (exact) mass is 310 g/mol. The number of sulfonamides is 1. The molecule has 116 valence electrons. The van der Waals surface area contributed by atoms with Crippen molar-refractivity contribution in [1.82, 2.24) is 14.6 Å². The molecule has 0 amide bonds. The van der Waals surface area contributed by atoms with Crippen LogP contribution >= 0.6 is 0 Å². The summed E-state index contributed by atoms with van der Waals surface area (Å²) in [5.74, 6) is 5.44. The number of likely N-dealkylation sites (N-methyl/N-ethyl adjacent to an activating group) is 1. The maximum absolute atomic E-state index is 12.2. The molecule has 0 aromatic carbocycles. The van der Waals surface area contributed by atoms with Crippen LogP contribution < -0.4 is 10.5 Å². The van der Waals surface area contributed by atoms with E-state index in [-0.39, 0.29) is 11.4 Å². The third kappa shape index (κ3) is 5.81. The molecule has 1 rings (SSSR count). The second-order valence-corrected chi connectivity index (χ2v) is 6.65. The number of hydrogen-bond acceptors (Lipinski definition) is 5. The first-order valence-electron chi connectivity index (χ1n) is 6.70. The van der Waals surface area contributed by atoms with Gasteiger partial charge >= 0.3 is 0 Å². The highest BCUT2D eigenvalue weighted by atomic mass is 32.2. The Morgan fingerprint density at radius 1 is 1.43 bits per heavy atom. The van der Waals surface area contributed by atoms with Gasteiger partial charge in [0.2, 0.25) is 10.0 Å². The molecule has 6 nitrogen and oxygen atoms in total. The quantitative estimate of drug-likeness (QED) is 0.723. The van der Waals surface area contributed by atoms with Crippen molar-refractivity contribution in [3.05, 3.63) is 24.0 Å². The van der Waals surface area contributed by atoms with Gasteiger partial charge in [-0.25, -0.2) is 13.1 Å². The van der Waals surface area contributed by atoms with Crippen molar-refractivity contribution < 1.29 is 8.42 Å². The fourth-order valence-electron chi connectivity index (χ4n) is 1.49. The Bertz CT molecular complexity index is 617. The van der Waals surface area contributed by atoms with E-state index in [9.17, 15) is 8.42 Å². The average molecular weight is 310 g/mol. The normalized spacial score (nSPS) is 11.5. The summed E-state index contributed by atoms with van der Waals surface area (Å²) in [6.07, 6.45) is 2.82. The summed E-state index contributed by atoms with van der Waals surface area (Å²) < 4.78 is 26.9. The minimum atomic E-state index is -3.57. The molecule has 1 aromatic heterocycles. The van der Waals surface area contributed by atoms with Gasteiger partial charge in [-0.2, -0.15) is 0 Å². The van der Waals surface area contributed by atoms with E-state index in [2.05, 4.69) is 40.3 Å². The van der Waals surface area contributed by atoms with Crippen LogP contribution in [0.2, 0.25) is 0 Å². The van der Waals surface area contributed by atoms with Gasteiger partial charge in [0.05, 0.1) is 6.54 Å². The van der Waals surface area contributed by atoms with Gasteiger partial charge in [0.15, 0.2) is 0 Å². The fourth-order valence-corrected chi connectivity index (χ4v) is 2.49. The third-order valence-corrected chi connectivity index (χ3v) is 4.42. The molecule has 1 heterocycles. The van der Waals surface area contributed by atoms with E-state index in [1.165, 1.54) is 18.5 Å². The van der Waals surface area contributed by atoms with Crippen LogP contribution in [0, 0.1) is 11.8 Å². The molecule has 0 aliphatic rings. The van der Waals surface area contributed by atoms with E-state index in [4.69, 9.17) is 5.73 Å². The predicted molar refractivity (Wildman–Crippen MR) is 83.1 cm³/mol. The van der Waals surface area contributed by atoms with Crippen molar-refractivity contribution in [2.24, 2.45) is 5.73 Å². The maximum Gasteiger partial charge on any atom is 0.242 e. The molecule has 0 saturated heterocycles. The van der Waals surface area contributed by atoms with E-state index in [1.54, 1.807) is 0 Å². The molecular formula is C14H22N4O2S. The second-order valence-electron chi connectivity index (χ2n) is 4.89. The topological polar surface area (TPSA) is 88.3 Å². The highest BCUT2D eigenvalue weighted by Crippen LogP contribution is 2.08. The zero-order valence-electron chi connectivity index (χ0n) is 12.6. The molecule has 0 spiro atoms. The molecule has 0 radical (unpaired) electrons. The Balaban J connectivity index is 2.74. The maximum atomic E-state index is 12.2. The van der Waals surface area contributed by atoms with Crippen molar-refractivity contribution in [1.29, 1.82) is 0 Å². The molecule has 0 atom stereocenters. The van der Waals surface area contributed by atoms with Gasteiger partial charge in [-0.3, -0.25) is 4.98 Å². The van der Waals surface area contributed by atoms with E-state index >= 15 is 0 Å². The number of hydrogen-bond donors (Lipinski definition) is 2. The molecule has 0 aliphatic heterocycles. The van der Waals surface area contributed by atoms with E-state index in [1.807, 2.05) is 7.05 Å². The second kappa shape index (κ2) is 8.10. The molecular weight excluding hydrogens is 288 g/mol. The van der Waals surface area contributed by atoms with Crippen molar-refractivity contribution >= 4 is 10.0 Å². The van der Waals surface area contributed by atoms with Crippen molar-refractivity contribution in [3.8, 4) is 11.8 Å². The van der Waals surface area contributed by atoms with Gasteiger partial charge in [-0.1, -0.05) is 11.8 Å². The number of nitrogens with zero attached hydrogens (tertiary/aromatic N) is 2. The van der Waals surface area contributed by atoms with Crippen molar-refractivity contribution in [2.45, 2.75) is 24.8 Å². The minimum Gasteiger partial charge on any atom is -0.320 e. The highest BCUT2D eigenvalue weighted by Gasteiger charge is 2.15. The van der Waals surface area contributed by atoms with Gasteiger partial charge in [0.25, 0.3) is 0 Å². The average Bonchev–Trinajstić information content (AvgIpc) is 2.45. The van der Waals surface area contributed by atoms with Gasteiger partial charge in [0.1, 0.15) is 4.90 Å². The number of pyridine rings is 1. The molecule has 21 heavy (non-hydrogen) atoms. The lowest BCUT2D eigenvalue weighted by molar-refractivity contribution is 0.278. The summed E-state index contributed by atoms with van der Waals surface area (Å²) in [4.78, 5) is 6.07. The summed E-state index contributed by atoms with van der Waals surface area (Å²) in [5, 5.41) is 0. The first-order valence-corrected chi connectivity index (χ1v) is 8.19. The van der Waals surface area contributed by atoms with E-state index in [0.29, 0.717) is 24.7 Å². The predicted octanol–water partition coefficient (Wildman–Crippen LogP) is 0.0103. The number of nitrogens with one attached hydrogen (secondary N) is 1. The summed E-state index contributed by atoms with van der Waals surface area (Å²) >= 11 is 0. The van der Waals surface area contributed by atoms with Gasteiger partial charge in [0, 0.05) is 37.1 Å². The Labute approximate surface area is 126 Å². The molecule has 0 saturated carbocycles. The van der Waals surface area contributed by atoms with Crippen LogP contribution in [0.5, 0.6) is 0 Å². The summed E-state index contributed by atoms with van der Waals surface area (Å²) in [6, 6.07) is 1.86. The van der Waals surface area contributed by atoms with Gasteiger partial charge in [-0.15, -0.1) is 0 Å². The zero-order valence-corrected chi connectivity index (χ0v) is 13.4. The van der Waals surface area contributed by atoms with E-state index in [0.717, 1.165) is 0 Å². The Morgan fingerprint density at radius 3 is 2.76 bits per heavy atom. The van der Waals surface area contributed by atoms with Crippen molar-refractivity contribution in [3.63, 3.8) is 0 Å². The van der Waals surface area contributed by atoms with Crippen LogP contribution in [-0.2, 0) is 10.0 Å². The first-order chi connectivity index (χ1) is 9.86. The number of aromatic nitrogens is 1. The first kappa shape index (κ1) is 17.6. The third-order valence-electron chi connectivity index (χ3n) is 3.00. The van der Waals surface area contributed by atoms with E-state index < -0.39 is 10.0 Å². The lowest BCUT2D eigenvalue weighted by atomic mass is 10.3. The number of nitrogens with two attached hydrogens (primary N) is 1. The van der Waals surface area contributed by atoms with Crippen LogP contribution in [0.25, 0.3) is 0 Å². The Hall–Kier alpha value is -1.46. The molecule has 0 fully saturated rings. The van der Waals surface area contributed by atoms with Crippen LogP contribution in [0.1, 0.15) is 19.4 Å². The Kier molecular flexibility index (Phi) is 6.78. The van der Waals surface area contributed by atoms with Gasteiger partial charge in [-0.05, 0) is 27.0 Å². The molecule has 0 aliphatic carbocycles. The standard InChI is InChI=1S/C14H22N4O2S/c1-12(2)18(3)8-7-17-21(19,20)14-9-13(5-4-6-15)10-16-11-14/h9-12,17H,6-8,15H2,1-3H3. The minimum absolute atomic E-state index is 0.110. The lowest BCUT2D eigenvalue weighted by Crippen LogP contribution is -2.36. The van der Waals surface area contributed by atoms with Crippen LogP contribution in [0.3, 0.4) is 0 Å². The molecule has 3 N–H and O–H groups in total. The smallest absolute Gasteiger partial charge is 0.242 e. The van der Waals surface area contributed by atoms with Crippen LogP contribution in [-0.4, -0.2) is 51.0 Å². The largest absolute Gasteiger partial charge is 0.320 e. The fraction of sp³-hybridized carbons (Fsp3) is 0.500. The molecule has 1 aromatic rings. The van der Waals surface area contributed by atoms with Crippen LogP contribution in [0.15, 0.2) is 23.4 Å². The molecule has 0 bridgehead atoms. The number of rotatable bonds is 6.